The Hall–Kier alpha value is -1.08. The van der Waals surface area contributed by atoms with Gasteiger partial charge < -0.3 is 0 Å². The van der Waals surface area contributed by atoms with Gasteiger partial charge in [0.15, 0.2) is 0 Å². The minimum Gasteiger partial charge on any atom is -0.0835 e. The number of alkyl halides is 1. The molecule has 0 amide bonds. The Morgan fingerprint density at radius 2 is 1.61 bits per heavy atom. The Kier molecular flexibility index (Phi) is 4.23. The van der Waals surface area contributed by atoms with Crippen molar-refractivity contribution in [1.82, 2.24) is 0 Å². The molecule has 94 valence electrons. The molecule has 1 atom stereocenters. The van der Waals surface area contributed by atoms with E-state index in [0.29, 0.717) is 4.83 Å². The van der Waals surface area contributed by atoms with Crippen LogP contribution < -0.4 is 0 Å². The Morgan fingerprint density at radius 3 is 2.28 bits per heavy atom. The van der Waals surface area contributed by atoms with Crippen molar-refractivity contribution in [1.29, 1.82) is 0 Å². The predicted molar refractivity (Wildman–Crippen MR) is 82.5 cm³/mol. The van der Waals surface area contributed by atoms with E-state index in [9.17, 15) is 0 Å². The van der Waals surface area contributed by atoms with E-state index in [1.54, 1.807) is 0 Å². The summed E-state index contributed by atoms with van der Waals surface area (Å²) in [5.74, 6) is 0. The zero-order valence-corrected chi connectivity index (χ0v) is 12.8. The van der Waals surface area contributed by atoms with Gasteiger partial charge in [-0.1, -0.05) is 58.4 Å². The summed E-state index contributed by atoms with van der Waals surface area (Å²) in [4.78, 5) is 0.390. The number of benzene rings is 2. The second-order valence-corrected chi connectivity index (χ2v) is 6.05. The molecular formula is C17H19Br. The summed E-state index contributed by atoms with van der Waals surface area (Å²) in [5.41, 5.74) is 6.86. The lowest BCUT2D eigenvalue weighted by Crippen LogP contribution is -1.98. The SMILES string of the molecule is Cc1ccc(CC(Br)c2ccccc2C)cc1C. The topological polar surface area (TPSA) is 0 Å². The fourth-order valence-corrected chi connectivity index (χ4v) is 3.07. The van der Waals surface area contributed by atoms with E-state index in [1.807, 2.05) is 0 Å². The molecule has 0 aromatic heterocycles. The van der Waals surface area contributed by atoms with Crippen LogP contribution in [0.5, 0.6) is 0 Å². The van der Waals surface area contributed by atoms with Gasteiger partial charge in [-0.05, 0) is 55.0 Å². The average Bonchev–Trinajstić information content (AvgIpc) is 2.34. The summed E-state index contributed by atoms with van der Waals surface area (Å²) in [5, 5.41) is 0. The molecule has 0 fully saturated rings. The Morgan fingerprint density at radius 1 is 0.889 bits per heavy atom. The highest BCUT2D eigenvalue weighted by molar-refractivity contribution is 9.09. The van der Waals surface area contributed by atoms with Crippen molar-refractivity contribution in [2.75, 3.05) is 0 Å². The zero-order chi connectivity index (χ0) is 13.1. The highest BCUT2D eigenvalue weighted by Gasteiger charge is 2.10. The minimum absolute atomic E-state index is 0.390. The molecule has 0 N–H and O–H groups in total. The van der Waals surface area contributed by atoms with Crippen LogP contribution in [0.1, 0.15) is 32.6 Å². The third kappa shape index (κ3) is 3.02. The first kappa shape index (κ1) is 13.4. The molecular weight excluding hydrogens is 284 g/mol. The lowest BCUT2D eigenvalue weighted by Gasteiger charge is -2.14. The molecule has 0 nitrogen and oxygen atoms in total. The van der Waals surface area contributed by atoms with Crippen molar-refractivity contribution in [3.63, 3.8) is 0 Å². The van der Waals surface area contributed by atoms with E-state index in [2.05, 4.69) is 79.2 Å². The lowest BCUT2D eigenvalue weighted by atomic mass is 9.98. The zero-order valence-electron chi connectivity index (χ0n) is 11.2. The van der Waals surface area contributed by atoms with E-state index in [1.165, 1.54) is 27.8 Å². The minimum atomic E-state index is 0.390. The first-order valence-electron chi connectivity index (χ1n) is 6.33. The van der Waals surface area contributed by atoms with Crippen LogP contribution in [-0.2, 0) is 6.42 Å². The van der Waals surface area contributed by atoms with Gasteiger partial charge in [0.1, 0.15) is 0 Å². The molecule has 1 unspecified atom stereocenters. The van der Waals surface area contributed by atoms with Crippen molar-refractivity contribution in [3.05, 3.63) is 70.3 Å². The number of halogens is 1. The highest BCUT2D eigenvalue weighted by Crippen LogP contribution is 2.29. The van der Waals surface area contributed by atoms with Gasteiger partial charge in [-0.2, -0.15) is 0 Å². The quantitative estimate of drug-likeness (QED) is 0.676. The molecule has 18 heavy (non-hydrogen) atoms. The summed E-state index contributed by atoms with van der Waals surface area (Å²) in [6.07, 6.45) is 1.03. The van der Waals surface area contributed by atoms with Crippen LogP contribution in [0.25, 0.3) is 0 Å². The maximum absolute atomic E-state index is 3.82. The summed E-state index contributed by atoms with van der Waals surface area (Å²) in [6.45, 7) is 6.51. The first-order chi connectivity index (χ1) is 8.58. The van der Waals surface area contributed by atoms with Gasteiger partial charge in [0.05, 0.1) is 0 Å². The van der Waals surface area contributed by atoms with Crippen molar-refractivity contribution >= 4 is 15.9 Å². The van der Waals surface area contributed by atoms with Crippen molar-refractivity contribution in [2.24, 2.45) is 0 Å². The molecule has 0 aliphatic carbocycles. The second-order valence-electron chi connectivity index (χ2n) is 4.95. The Bertz CT molecular complexity index is 543. The van der Waals surface area contributed by atoms with Crippen molar-refractivity contribution in [2.45, 2.75) is 32.0 Å². The number of hydrogen-bond donors (Lipinski definition) is 0. The van der Waals surface area contributed by atoms with Crippen LogP contribution >= 0.6 is 15.9 Å². The second kappa shape index (κ2) is 5.71. The standard InChI is InChI=1S/C17H19Br/c1-12-8-9-15(10-14(12)3)11-17(18)16-7-5-4-6-13(16)2/h4-10,17H,11H2,1-3H3. The number of hydrogen-bond acceptors (Lipinski definition) is 0. The van der Waals surface area contributed by atoms with Gasteiger partial charge in [0.25, 0.3) is 0 Å². The van der Waals surface area contributed by atoms with E-state index in [0.717, 1.165) is 6.42 Å². The average molecular weight is 303 g/mol. The molecule has 0 saturated heterocycles. The van der Waals surface area contributed by atoms with Crippen LogP contribution in [0.4, 0.5) is 0 Å². The van der Waals surface area contributed by atoms with Crippen molar-refractivity contribution in [3.8, 4) is 0 Å². The molecule has 0 saturated carbocycles. The fourth-order valence-electron chi connectivity index (χ4n) is 2.19. The van der Waals surface area contributed by atoms with Crippen molar-refractivity contribution < 1.29 is 0 Å². The molecule has 1 heteroatoms. The van der Waals surface area contributed by atoms with E-state index >= 15 is 0 Å². The lowest BCUT2D eigenvalue weighted by molar-refractivity contribution is 0.935. The molecule has 2 aromatic carbocycles. The van der Waals surface area contributed by atoms with Gasteiger partial charge in [0.2, 0.25) is 0 Å². The summed E-state index contributed by atoms with van der Waals surface area (Å²) in [7, 11) is 0. The van der Waals surface area contributed by atoms with Gasteiger partial charge in [-0.25, -0.2) is 0 Å². The van der Waals surface area contributed by atoms with Crippen LogP contribution in [0.3, 0.4) is 0 Å². The maximum atomic E-state index is 3.82. The number of rotatable bonds is 3. The molecule has 2 aromatic rings. The van der Waals surface area contributed by atoms with E-state index in [4.69, 9.17) is 0 Å². The molecule has 0 spiro atoms. The summed E-state index contributed by atoms with van der Waals surface area (Å²) < 4.78 is 0. The fraction of sp³-hybridized carbons (Fsp3) is 0.294. The predicted octanol–water partition coefficient (Wildman–Crippen LogP) is 5.29. The largest absolute Gasteiger partial charge is 0.0835 e. The van der Waals surface area contributed by atoms with Crippen LogP contribution in [0.2, 0.25) is 0 Å². The van der Waals surface area contributed by atoms with Gasteiger partial charge in [-0.15, -0.1) is 0 Å². The normalized spacial score (nSPS) is 12.4. The highest BCUT2D eigenvalue weighted by atomic mass is 79.9. The first-order valence-corrected chi connectivity index (χ1v) is 7.25. The molecule has 0 aliphatic rings. The van der Waals surface area contributed by atoms with Gasteiger partial charge in [0, 0.05) is 4.83 Å². The van der Waals surface area contributed by atoms with Gasteiger partial charge >= 0.3 is 0 Å². The van der Waals surface area contributed by atoms with Crippen LogP contribution in [0.15, 0.2) is 42.5 Å². The molecule has 0 radical (unpaired) electrons. The third-order valence-corrected chi connectivity index (χ3v) is 4.33. The summed E-state index contributed by atoms with van der Waals surface area (Å²) in [6, 6.07) is 15.3. The van der Waals surface area contributed by atoms with E-state index < -0.39 is 0 Å². The molecule has 2 rings (SSSR count). The molecule has 0 aliphatic heterocycles. The monoisotopic (exact) mass is 302 g/mol. The smallest absolute Gasteiger partial charge is 0.0438 e. The maximum Gasteiger partial charge on any atom is 0.0438 e. The Balaban J connectivity index is 2.19. The number of aryl methyl sites for hydroxylation is 3. The molecule has 0 heterocycles. The summed E-state index contributed by atoms with van der Waals surface area (Å²) >= 11 is 3.82. The third-order valence-electron chi connectivity index (χ3n) is 3.51. The van der Waals surface area contributed by atoms with Crippen LogP contribution in [-0.4, -0.2) is 0 Å². The van der Waals surface area contributed by atoms with Gasteiger partial charge in [-0.3, -0.25) is 0 Å². The van der Waals surface area contributed by atoms with E-state index in [-0.39, 0.29) is 0 Å². The Labute approximate surface area is 118 Å². The van der Waals surface area contributed by atoms with Crippen LogP contribution in [0, 0.1) is 20.8 Å². The molecule has 0 bridgehead atoms.